The summed E-state index contributed by atoms with van der Waals surface area (Å²) in [5.41, 5.74) is 0.922. The van der Waals surface area contributed by atoms with Crippen LogP contribution in [-0.4, -0.2) is 34.5 Å². The van der Waals surface area contributed by atoms with Crippen LogP contribution < -0.4 is 0 Å². The Balaban J connectivity index is 2.76. The van der Waals surface area contributed by atoms with Gasteiger partial charge in [0.05, 0.1) is 6.42 Å². The van der Waals surface area contributed by atoms with Crippen LogP contribution in [0.4, 0.5) is 0 Å². The molecule has 0 fully saturated rings. The summed E-state index contributed by atoms with van der Waals surface area (Å²) < 4.78 is 0. The molecular weight excluding hydrogens is 242 g/mol. The maximum Gasteiger partial charge on any atom is 0.329 e. The van der Waals surface area contributed by atoms with E-state index in [1.54, 1.807) is 0 Å². The van der Waals surface area contributed by atoms with Gasteiger partial charge in [0.15, 0.2) is 0 Å². The number of hydrogen-bond acceptors (Lipinski definition) is 2. The van der Waals surface area contributed by atoms with Gasteiger partial charge in [0, 0.05) is 7.05 Å². The number of rotatable bonds is 5. The average Bonchev–Trinajstić information content (AvgIpc) is 2.38. The fourth-order valence-electron chi connectivity index (χ4n) is 1.64. The molecule has 0 saturated heterocycles. The average molecular weight is 263 g/mol. The fraction of sp³-hybridized carbons (Fsp3) is 0.467. The van der Waals surface area contributed by atoms with Crippen LogP contribution in [0.15, 0.2) is 24.3 Å². The molecule has 0 aromatic heterocycles. The highest BCUT2D eigenvalue weighted by Gasteiger charge is 2.34. The Morgan fingerprint density at radius 3 is 2.05 bits per heavy atom. The molecular formula is C15H21NO3. The largest absolute Gasteiger partial charge is 0.480 e. The first-order valence-electron chi connectivity index (χ1n) is 6.37. The lowest BCUT2D eigenvalue weighted by Gasteiger charge is -2.31. The minimum absolute atomic E-state index is 0.198. The molecule has 0 heterocycles. The van der Waals surface area contributed by atoms with E-state index in [4.69, 9.17) is 5.11 Å². The number of hydrogen-bond donors (Lipinski definition) is 1. The third-order valence-corrected chi connectivity index (χ3v) is 3.52. The molecule has 0 saturated carbocycles. The predicted octanol–water partition coefficient (Wildman–Crippen LogP) is 2.11. The summed E-state index contributed by atoms with van der Waals surface area (Å²) in [5.74, 6) is -1.21. The van der Waals surface area contributed by atoms with Crippen LogP contribution >= 0.6 is 0 Å². The van der Waals surface area contributed by atoms with Gasteiger partial charge in [-0.2, -0.15) is 0 Å². The normalized spacial score (nSPS) is 11.2. The minimum atomic E-state index is -1.19. The Labute approximate surface area is 114 Å². The molecule has 1 rings (SSSR count). The first-order valence-corrected chi connectivity index (χ1v) is 6.37. The van der Waals surface area contributed by atoms with Gasteiger partial charge in [-0.25, -0.2) is 4.79 Å². The number of aryl methyl sites for hydroxylation is 1. The third kappa shape index (κ3) is 3.56. The Morgan fingerprint density at radius 1 is 1.16 bits per heavy atom. The first kappa shape index (κ1) is 15.2. The minimum Gasteiger partial charge on any atom is -0.480 e. The van der Waals surface area contributed by atoms with E-state index in [0.29, 0.717) is 0 Å². The molecule has 0 aliphatic rings. The van der Waals surface area contributed by atoms with Crippen LogP contribution in [0.3, 0.4) is 0 Å². The van der Waals surface area contributed by atoms with Gasteiger partial charge in [-0.3, -0.25) is 4.79 Å². The smallest absolute Gasteiger partial charge is 0.329 e. The summed E-state index contributed by atoms with van der Waals surface area (Å²) in [4.78, 5) is 24.5. The number of aliphatic carboxylic acids is 1. The van der Waals surface area contributed by atoms with Gasteiger partial charge in [-0.15, -0.1) is 0 Å². The molecule has 0 spiro atoms. The van der Waals surface area contributed by atoms with Crippen LogP contribution in [0.1, 0.15) is 31.9 Å². The van der Waals surface area contributed by atoms with E-state index in [9.17, 15) is 9.59 Å². The number of amides is 1. The highest BCUT2D eigenvalue weighted by Crippen LogP contribution is 2.15. The summed E-state index contributed by atoms with van der Waals surface area (Å²) in [5, 5.41) is 9.10. The second-order valence-electron chi connectivity index (χ2n) is 5.16. The van der Waals surface area contributed by atoms with E-state index in [2.05, 4.69) is 6.92 Å². The quantitative estimate of drug-likeness (QED) is 0.885. The summed E-state index contributed by atoms with van der Waals surface area (Å²) in [7, 11) is 1.52. The monoisotopic (exact) mass is 263 g/mol. The highest BCUT2D eigenvalue weighted by atomic mass is 16.4. The lowest BCUT2D eigenvalue weighted by molar-refractivity contribution is -0.155. The van der Waals surface area contributed by atoms with Gasteiger partial charge < -0.3 is 10.0 Å². The Hall–Kier alpha value is -1.84. The van der Waals surface area contributed by atoms with E-state index in [0.717, 1.165) is 12.0 Å². The molecule has 0 atom stereocenters. The second kappa shape index (κ2) is 5.87. The van der Waals surface area contributed by atoms with Crippen molar-refractivity contribution in [1.29, 1.82) is 0 Å². The summed E-state index contributed by atoms with van der Waals surface area (Å²) in [6, 6.07) is 7.81. The van der Waals surface area contributed by atoms with Gasteiger partial charge in [-0.05, 0) is 31.4 Å². The first-order chi connectivity index (χ1) is 8.78. The molecule has 104 valence electrons. The van der Waals surface area contributed by atoms with Crippen molar-refractivity contribution in [3.05, 3.63) is 35.4 Å². The third-order valence-electron chi connectivity index (χ3n) is 3.52. The summed E-state index contributed by atoms with van der Waals surface area (Å²) in [6.07, 6.45) is 1.18. The van der Waals surface area contributed by atoms with Gasteiger partial charge in [0.25, 0.3) is 0 Å². The molecule has 4 nitrogen and oxygen atoms in total. The van der Waals surface area contributed by atoms with E-state index in [1.807, 2.05) is 24.3 Å². The zero-order valence-electron chi connectivity index (χ0n) is 11.9. The molecule has 1 aromatic rings. The molecule has 0 bridgehead atoms. The van der Waals surface area contributed by atoms with Gasteiger partial charge >= 0.3 is 5.97 Å². The number of nitrogens with zero attached hydrogens (tertiary/aromatic N) is 1. The van der Waals surface area contributed by atoms with Crippen molar-refractivity contribution in [2.75, 3.05) is 7.05 Å². The fourth-order valence-corrected chi connectivity index (χ4v) is 1.64. The maximum atomic E-state index is 12.1. The molecule has 1 amide bonds. The van der Waals surface area contributed by atoms with E-state index < -0.39 is 11.5 Å². The lowest BCUT2D eigenvalue weighted by atomic mass is 10.0. The highest BCUT2D eigenvalue weighted by molar-refractivity contribution is 5.87. The number of benzene rings is 1. The van der Waals surface area contributed by atoms with Crippen molar-refractivity contribution in [2.24, 2.45) is 0 Å². The van der Waals surface area contributed by atoms with Gasteiger partial charge in [0.2, 0.25) is 5.91 Å². The predicted molar refractivity (Wildman–Crippen MR) is 74.0 cm³/mol. The SMILES string of the molecule is CCc1ccc(CC(=O)N(C)C(C)(C)C(=O)O)cc1. The van der Waals surface area contributed by atoms with Crippen molar-refractivity contribution in [1.82, 2.24) is 4.90 Å². The van der Waals surface area contributed by atoms with E-state index in [-0.39, 0.29) is 12.3 Å². The van der Waals surface area contributed by atoms with Crippen LogP contribution in [0, 0.1) is 0 Å². The number of likely N-dealkylation sites (N-methyl/N-ethyl adjacent to an activating group) is 1. The number of carboxylic acids is 1. The van der Waals surface area contributed by atoms with Gasteiger partial charge in [-0.1, -0.05) is 31.2 Å². The maximum absolute atomic E-state index is 12.1. The molecule has 0 aliphatic heterocycles. The van der Waals surface area contributed by atoms with Crippen LogP contribution in [0.2, 0.25) is 0 Å². The van der Waals surface area contributed by atoms with Crippen LogP contribution in [-0.2, 0) is 22.4 Å². The molecule has 0 radical (unpaired) electrons. The number of carboxylic acid groups (broad SMARTS) is 1. The van der Waals surface area contributed by atoms with Crippen LogP contribution in [0.5, 0.6) is 0 Å². The van der Waals surface area contributed by atoms with Crippen molar-refractivity contribution >= 4 is 11.9 Å². The van der Waals surface area contributed by atoms with E-state index >= 15 is 0 Å². The van der Waals surface area contributed by atoms with Gasteiger partial charge in [0.1, 0.15) is 5.54 Å². The van der Waals surface area contributed by atoms with Crippen molar-refractivity contribution in [3.63, 3.8) is 0 Å². The molecule has 1 N–H and O–H groups in total. The Kier molecular flexibility index (Phi) is 4.70. The number of carbonyl (C=O) groups excluding carboxylic acids is 1. The van der Waals surface area contributed by atoms with Crippen molar-refractivity contribution in [3.8, 4) is 0 Å². The molecule has 0 aliphatic carbocycles. The zero-order valence-corrected chi connectivity index (χ0v) is 11.9. The second-order valence-corrected chi connectivity index (χ2v) is 5.16. The molecule has 4 heteroatoms. The topological polar surface area (TPSA) is 57.6 Å². The standard InChI is InChI=1S/C15H21NO3/c1-5-11-6-8-12(9-7-11)10-13(17)16(4)15(2,3)14(18)19/h6-9H,5,10H2,1-4H3,(H,18,19). The summed E-state index contributed by atoms with van der Waals surface area (Å²) >= 11 is 0. The van der Waals surface area contributed by atoms with E-state index in [1.165, 1.54) is 31.4 Å². The molecule has 0 unspecified atom stereocenters. The molecule has 1 aromatic carbocycles. The zero-order chi connectivity index (χ0) is 14.6. The Bertz CT molecular complexity index is 463. The number of carbonyl (C=O) groups is 2. The van der Waals surface area contributed by atoms with Crippen molar-refractivity contribution < 1.29 is 14.7 Å². The van der Waals surface area contributed by atoms with Crippen LogP contribution in [0.25, 0.3) is 0 Å². The molecule has 19 heavy (non-hydrogen) atoms. The summed E-state index contributed by atoms with van der Waals surface area (Å²) in [6.45, 7) is 5.12. The lowest BCUT2D eigenvalue weighted by Crippen LogP contribution is -2.51. The Morgan fingerprint density at radius 2 is 1.63 bits per heavy atom. The van der Waals surface area contributed by atoms with Crippen molar-refractivity contribution in [2.45, 2.75) is 39.2 Å².